The van der Waals surface area contributed by atoms with E-state index in [0.717, 1.165) is 17.0 Å². The van der Waals surface area contributed by atoms with Crippen LogP contribution in [-0.2, 0) is 10.9 Å². The molecule has 0 fully saturated rings. The fourth-order valence-corrected chi connectivity index (χ4v) is 1.45. The monoisotopic (exact) mass is 279 g/mol. The van der Waals surface area contributed by atoms with Gasteiger partial charge in [-0.25, -0.2) is 4.39 Å². The van der Waals surface area contributed by atoms with E-state index in [-0.39, 0.29) is 13.2 Å². The highest BCUT2D eigenvalue weighted by Gasteiger charge is 2.36. The van der Waals surface area contributed by atoms with Crippen molar-refractivity contribution in [1.82, 2.24) is 4.90 Å². The average molecular weight is 279 g/mol. The molecule has 0 saturated heterocycles. The van der Waals surface area contributed by atoms with Gasteiger partial charge in [0.25, 0.3) is 5.91 Å². The number of likely N-dealkylation sites (N-methyl/N-ethyl adjacent to an activating group) is 1. The van der Waals surface area contributed by atoms with Crippen molar-refractivity contribution >= 4 is 5.91 Å². The summed E-state index contributed by atoms with van der Waals surface area (Å²) < 4.78 is 56.0. The van der Waals surface area contributed by atoms with Crippen molar-refractivity contribution in [2.24, 2.45) is 0 Å². The molecule has 0 saturated carbocycles. The molecule has 0 atom stereocenters. The summed E-state index contributed by atoms with van der Waals surface area (Å²) in [6.45, 7) is 0.369. The molecule has 19 heavy (non-hydrogen) atoms. The van der Waals surface area contributed by atoms with E-state index in [1.54, 1.807) is 0 Å². The molecular weight excluding hydrogens is 266 g/mol. The topological polar surface area (TPSA) is 29.5 Å². The highest BCUT2D eigenvalue weighted by Crippen LogP contribution is 2.32. The molecular formula is C12H13F4NO2. The van der Waals surface area contributed by atoms with Gasteiger partial charge in [-0.15, -0.1) is 0 Å². The highest BCUT2D eigenvalue weighted by atomic mass is 19.4. The van der Waals surface area contributed by atoms with Gasteiger partial charge in [0.2, 0.25) is 0 Å². The van der Waals surface area contributed by atoms with E-state index in [1.807, 2.05) is 0 Å². The van der Waals surface area contributed by atoms with Crippen LogP contribution in [0.4, 0.5) is 17.6 Å². The SMILES string of the molecule is COCCN(C)C(=O)c1cccc(C(F)(F)F)c1F. The van der Waals surface area contributed by atoms with Crippen LogP contribution in [0, 0.1) is 5.82 Å². The molecule has 0 spiro atoms. The summed E-state index contributed by atoms with van der Waals surface area (Å²) in [4.78, 5) is 12.9. The molecule has 106 valence electrons. The first-order valence-corrected chi connectivity index (χ1v) is 5.39. The van der Waals surface area contributed by atoms with E-state index in [1.165, 1.54) is 14.2 Å². The van der Waals surface area contributed by atoms with Gasteiger partial charge in [-0.05, 0) is 12.1 Å². The summed E-state index contributed by atoms with van der Waals surface area (Å²) in [6, 6.07) is 2.63. The summed E-state index contributed by atoms with van der Waals surface area (Å²) in [7, 11) is 2.78. The van der Waals surface area contributed by atoms with Gasteiger partial charge in [0.15, 0.2) is 0 Å². The number of hydrogen-bond donors (Lipinski definition) is 0. The maximum atomic E-state index is 13.7. The van der Waals surface area contributed by atoms with Crippen molar-refractivity contribution in [2.75, 3.05) is 27.3 Å². The molecule has 0 aromatic heterocycles. The fraction of sp³-hybridized carbons (Fsp3) is 0.417. The minimum atomic E-state index is -4.83. The summed E-state index contributed by atoms with van der Waals surface area (Å²) >= 11 is 0. The first-order valence-electron chi connectivity index (χ1n) is 5.39. The third-order valence-corrected chi connectivity index (χ3v) is 2.51. The van der Waals surface area contributed by atoms with Gasteiger partial charge >= 0.3 is 6.18 Å². The molecule has 1 aromatic carbocycles. The number of amides is 1. The molecule has 7 heteroatoms. The van der Waals surface area contributed by atoms with E-state index in [4.69, 9.17) is 4.74 Å². The second-order valence-corrected chi connectivity index (χ2v) is 3.88. The smallest absolute Gasteiger partial charge is 0.383 e. The average Bonchev–Trinajstić information content (AvgIpc) is 2.34. The van der Waals surface area contributed by atoms with Crippen molar-refractivity contribution in [2.45, 2.75) is 6.18 Å². The fourth-order valence-electron chi connectivity index (χ4n) is 1.45. The van der Waals surface area contributed by atoms with E-state index in [2.05, 4.69) is 0 Å². The van der Waals surface area contributed by atoms with Crippen molar-refractivity contribution in [3.8, 4) is 0 Å². The predicted octanol–water partition coefficient (Wildman–Crippen LogP) is 2.56. The molecule has 0 heterocycles. The Labute approximate surface area is 107 Å². The molecule has 0 bridgehead atoms. The van der Waals surface area contributed by atoms with Crippen LogP contribution in [0.5, 0.6) is 0 Å². The van der Waals surface area contributed by atoms with Gasteiger partial charge in [-0.1, -0.05) is 6.07 Å². The zero-order chi connectivity index (χ0) is 14.6. The van der Waals surface area contributed by atoms with Crippen LogP contribution in [0.1, 0.15) is 15.9 Å². The second kappa shape index (κ2) is 6.01. The number of carbonyl (C=O) groups is 1. The van der Waals surface area contributed by atoms with E-state index in [9.17, 15) is 22.4 Å². The Balaban J connectivity index is 3.05. The Bertz CT molecular complexity index is 460. The van der Waals surface area contributed by atoms with Crippen LogP contribution in [-0.4, -0.2) is 38.1 Å². The molecule has 0 N–H and O–H groups in total. The van der Waals surface area contributed by atoms with Gasteiger partial charge in [0, 0.05) is 20.7 Å². The number of halogens is 4. The molecule has 0 aliphatic carbocycles. The third-order valence-electron chi connectivity index (χ3n) is 2.51. The van der Waals surface area contributed by atoms with Crippen molar-refractivity contribution < 1.29 is 27.1 Å². The lowest BCUT2D eigenvalue weighted by Crippen LogP contribution is -2.31. The summed E-state index contributed by atoms with van der Waals surface area (Å²) in [5.41, 5.74) is -2.05. The number of benzene rings is 1. The zero-order valence-corrected chi connectivity index (χ0v) is 10.4. The quantitative estimate of drug-likeness (QED) is 0.793. The van der Waals surface area contributed by atoms with Gasteiger partial charge in [-0.3, -0.25) is 4.79 Å². The number of methoxy groups -OCH3 is 1. The molecule has 3 nitrogen and oxygen atoms in total. The largest absolute Gasteiger partial charge is 0.419 e. The van der Waals surface area contributed by atoms with Gasteiger partial charge in [0.05, 0.1) is 17.7 Å². The van der Waals surface area contributed by atoms with Gasteiger partial charge in [0.1, 0.15) is 5.82 Å². The normalized spacial score (nSPS) is 11.5. The van der Waals surface area contributed by atoms with E-state index >= 15 is 0 Å². The molecule has 0 aliphatic heterocycles. The number of nitrogens with zero attached hydrogens (tertiary/aromatic N) is 1. The maximum absolute atomic E-state index is 13.7. The predicted molar refractivity (Wildman–Crippen MR) is 60.2 cm³/mol. The van der Waals surface area contributed by atoms with Crippen molar-refractivity contribution in [1.29, 1.82) is 0 Å². The number of ether oxygens (including phenoxy) is 1. The third kappa shape index (κ3) is 3.66. The lowest BCUT2D eigenvalue weighted by atomic mass is 10.1. The Kier molecular flexibility index (Phi) is 4.88. The molecule has 1 rings (SSSR count). The Morgan fingerprint density at radius 1 is 1.37 bits per heavy atom. The van der Waals surface area contributed by atoms with Crippen LogP contribution < -0.4 is 0 Å². The number of rotatable bonds is 4. The minimum absolute atomic E-state index is 0.158. The highest BCUT2D eigenvalue weighted by molar-refractivity contribution is 5.94. The molecule has 0 aliphatic rings. The number of alkyl halides is 3. The lowest BCUT2D eigenvalue weighted by Gasteiger charge is -2.18. The molecule has 0 radical (unpaired) electrons. The summed E-state index contributed by atoms with van der Waals surface area (Å²) in [5, 5.41) is 0. The van der Waals surface area contributed by atoms with E-state index < -0.39 is 29.0 Å². The van der Waals surface area contributed by atoms with Crippen LogP contribution >= 0.6 is 0 Å². The molecule has 1 aromatic rings. The van der Waals surface area contributed by atoms with Crippen molar-refractivity contribution in [3.05, 3.63) is 35.1 Å². The summed E-state index contributed by atoms with van der Waals surface area (Å²) in [5.74, 6) is -2.37. The van der Waals surface area contributed by atoms with Gasteiger partial charge < -0.3 is 9.64 Å². The number of hydrogen-bond acceptors (Lipinski definition) is 2. The van der Waals surface area contributed by atoms with Crippen LogP contribution in [0.25, 0.3) is 0 Å². The van der Waals surface area contributed by atoms with Crippen LogP contribution in [0.15, 0.2) is 18.2 Å². The lowest BCUT2D eigenvalue weighted by molar-refractivity contribution is -0.140. The maximum Gasteiger partial charge on any atom is 0.419 e. The Hall–Kier alpha value is -1.63. The molecule has 1 amide bonds. The second-order valence-electron chi connectivity index (χ2n) is 3.88. The van der Waals surface area contributed by atoms with Crippen LogP contribution in [0.3, 0.4) is 0 Å². The summed E-state index contributed by atoms with van der Waals surface area (Å²) in [6.07, 6.45) is -4.83. The first kappa shape index (κ1) is 15.4. The Morgan fingerprint density at radius 3 is 2.53 bits per heavy atom. The zero-order valence-electron chi connectivity index (χ0n) is 10.4. The van der Waals surface area contributed by atoms with Crippen molar-refractivity contribution in [3.63, 3.8) is 0 Å². The van der Waals surface area contributed by atoms with Crippen LogP contribution in [0.2, 0.25) is 0 Å². The first-order chi connectivity index (χ1) is 8.79. The minimum Gasteiger partial charge on any atom is -0.383 e. The van der Waals surface area contributed by atoms with E-state index in [0.29, 0.717) is 6.07 Å². The van der Waals surface area contributed by atoms with Gasteiger partial charge in [-0.2, -0.15) is 13.2 Å². The number of carbonyl (C=O) groups excluding carboxylic acids is 1. The Morgan fingerprint density at radius 2 is 2.00 bits per heavy atom. The molecule has 0 unspecified atom stereocenters. The standard InChI is InChI=1S/C12H13F4NO2/c1-17(6-7-19-2)11(18)8-4-3-5-9(10(8)13)12(14,15)16/h3-5H,6-7H2,1-2H3.